The van der Waals surface area contributed by atoms with Gasteiger partial charge in [0.25, 0.3) is 0 Å². The Morgan fingerprint density at radius 3 is 2.92 bits per heavy atom. The van der Waals surface area contributed by atoms with Crippen molar-refractivity contribution in [1.29, 1.82) is 0 Å². The Morgan fingerprint density at radius 1 is 1.42 bits per heavy atom. The van der Waals surface area contributed by atoms with Gasteiger partial charge < -0.3 is 10.0 Å². The highest BCUT2D eigenvalue weighted by atomic mass is 16.6. The third-order valence-corrected chi connectivity index (χ3v) is 5.54. The number of nitro groups is 1. The molecule has 1 saturated heterocycles. The lowest BCUT2D eigenvalue weighted by Gasteiger charge is -2.24. The van der Waals surface area contributed by atoms with Crippen LogP contribution in [0.2, 0.25) is 0 Å². The lowest BCUT2D eigenvalue weighted by molar-refractivity contribution is -0.384. The number of rotatable bonds is 3. The SMILES string of the molecule is O=C(O)[C@@]12CCC[C@H]1CN(c1c([N+](=O)[O-])cnc3ccccc13)C2. The average molecular weight is 327 g/mol. The molecule has 1 aliphatic heterocycles. The molecule has 1 aromatic carbocycles. The fraction of sp³-hybridized carbons (Fsp3) is 0.412. The summed E-state index contributed by atoms with van der Waals surface area (Å²) in [6.07, 6.45) is 3.68. The van der Waals surface area contributed by atoms with Gasteiger partial charge in [-0.05, 0) is 24.8 Å². The largest absolute Gasteiger partial charge is 0.481 e. The number of aromatic nitrogens is 1. The summed E-state index contributed by atoms with van der Waals surface area (Å²) < 4.78 is 0. The zero-order chi connectivity index (χ0) is 16.9. The van der Waals surface area contributed by atoms with Crippen molar-refractivity contribution < 1.29 is 14.8 Å². The minimum Gasteiger partial charge on any atom is -0.481 e. The second-order valence-electron chi connectivity index (χ2n) is 6.70. The van der Waals surface area contributed by atoms with E-state index in [2.05, 4.69) is 4.98 Å². The molecule has 0 radical (unpaired) electrons. The summed E-state index contributed by atoms with van der Waals surface area (Å²) >= 11 is 0. The predicted octanol–water partition coefficient (Wildman–Crippen LogP) is 2.83. The van der Waals surface area contributed by atoms with Gasteiger partial charge in [0.05, 0.1) is 15.9 Å². The van der Waals surface area contributed by atoms with Gasteiger partial charge in [-0.25, -0.2) is 4.98 Å². The molecule has 2 atom stereocenters. The van der Waals surface area contributed by atoms with Gasteiger partial charge in [0, 0.05) is 18.5 Å². The predicted molar refractivity (Wildman–Crippen MR) is 88.0 cm³/mol. The van der Waals surface area contributed by atoms with Gasteiger partial charge in [-0.2, -0.15) is 0 Å². The van der Waals surface area contributed by atoms with Crippen LogP contribution in [0.1, 0.15) is 19.3 Å². The molecule has 7 nitrogen and oxygen atoms in total. The molecule has 0 bridgehead atoms. The second kappa shape index (κ2) is 5.15. The fourth-order valence-electron chi connectivity index (χ4n) is 4.39. The molecule has 4 rings (SSSR count). The van der Waals surface area contributed by atoms with E-state index in [-0.39, 0.29) is 11.6 Å². The highest BCUT2D eigenvalue weighted by Gasteiger charge is 2.55. The molecule has 0 amide bonds. The van der Waals surface area contributed by atoms with Crippen molar-refractivity contribution >= 4 is 28.2 Å². The van der Waals surface area contributed by atoms with Gasteiger partial charge >= 0.3 is 11.7 Å². The summed E-state index contributed by atoms with van der Waals surface area (Å²) in [6, 6.07) is 7.28. The lowest BCUT2D eigenvalue weighted by Crippen LogP contribution is -2.35. The number of para-hydroxylation sites is 1. The Morgan fingerprint density at radius 2 is 2.21 bits per heavy atom. The molecule has 2 aliphatic rings. The maximum Gasteiger partial charge on any atom is 0.311 e. The van der Waals surface area contributed by atoms with Crippen molar-refractivity contribution in [1.82, 2.24) is 4.98 Å². The molecule has 2 fully saturated rings. The first-order valence-electron chi connectivity index (χ1n) is 8.03. The first-order chi connectivity index (χ1) is 11.5. The van der Waals surface area contributed by atoms with Crippen LogP contribution in [0, 0.1) is 21.4 Å². The van der Waals surface area contributed by atoms with Gasteiger partial charge in [-0.3, -0.25) is 14.9 Å². The van der Waals surface area contributed by atoms with Crippen LogP contribution in [0.5, 0.6) is 0 Å². The zero-order valence-corrected chi connectivity index (χ0v) is 13.0. The summed E-state index contributed by atoms with van der Waals surface area (Å²) in [5, 5.41) is 22.0. The number of carboxylic acid groups (broad SMARTS) is 1. The number of benzene rings is 1. The average Bonchev–Trinajstić information content (AvgIpc) is 3.11. The first-order valence-corrected chi connectivity index (χ1v) is 8.03. The smallest absolute Gasteiger partial charge is 0.311 e. The lowest BCUT2D eigenvalue weighted by atomic mass is 9.81. The Kier molecular flexibility index (Phi) is 3.19. The number of hydrogen-bond donors (Lipinski definition) is 1. The minimum absolute atomic E-state index is 0.0431. The highest BCUT2D eigenvalue weighted by Crippen LogP contribution is 2.51. The van der Waals surface area contributed by atoms with Crippen LogP contribution in [-0.2, 0) is 4.79 Å². The third kappa shape index (κ3) is 1.97. The molecule has 1 saturated carbocycles. The summed E-state index contributed by atoms with van der Waals surface area (Å²) in [5.74, 6) is -0.741. The number of pyridine rings is 1. The van der Waals surface area contributed by atoms with Gasteiger partial charge in [0.2, 0.25) is 0 Å². The van der Waals surface area contributed by atoms with E-state index in [1.54, 1.807) is 0 Å². The summed E-state index contributed by atoms with van der Waals surface area (Å²) in [4.78, 5) is 29.0. The highest BCUT2D eigenvalue weighted by molar-refractivity contribution is 5.97. The Bertz CT molecular complexity index is 853. The van der Waals surface area contributed by atoms with Crippen LogP contribution >= 0.6 is 0 Å². The number of hydrogen-bond acceptors (Lipinski definition) is 5. The van der Waals surface area contributed by atoms with E-state index >= 15 is 0 Å². The van der Waals surface area contributed by atoms with Gasteiger partial charge in [-0.1, -0.05) is 24.6 Å². The molecule has 0 spiro atoms. The topological polar surface area (TPSA) is 96.6 Å². The van der Waals surface area contributed by atoms with Gasteiger partial charge in [0.1, 0.15) is 11.9 Å². The molecule has 2 heterocycles. The van der Waals surface area contributed by atoms with Crippen LogP contribution in [0.4, 0.5) is 11.4 Å². The van der Waals surface area contributed by atoms with Crippen LogP contribution < -0.4 is 4.90 Å². The van der Waals surface area contributed by atoms with Crippen molar-refractivity contribution in [3.8, 4) is 0 Å². The standard InChI is InChI=1S/C17H17N3O4/c21-16(22)17-7-3-4-11(17)9-19(10-17)15-12-5-1-2-6-13(12)18-8-14(15)20(23)24/h1-2,5-6,8,11H,3-4,7,9-10H2,(H,21,22)/t11-,17+/m0/s1. The van der Waals surface area contributed by atoms with E-state index in [1.807, 2.05) is 29.2 Å². The number of carbonyl (C=O) groups is 1. The summed E-state index contributed by atoms with van der Waals surface area (Å²) in [5.41, 5.74) is 0.340. The fourth-order valence-corrected chi connectivity index (χ4v) is 4.39. The maximum atomic E-state index is 11.9. The number of carboxylic acids is 1. The quantitative estimate of drug-likeness (QED) is 0.688. The van der Waals surface area contributed by atoms with Gasteiger partial charge in [0.15, 0.2) is 0 Å². The molecule has 7 heteroatoms. The van der Waals surface area contributed by atoms with E-state index in [0.717, 1.165) is 12.8 Å². The minimum atomic E-state index is -0.784. The van der Waals surface area contributed by atoms with Crippen molar-refractivity contribution in [2.45, 2.75) is 19.3 Å². The molecule has 0 unspecified atom stereocenters. The van der Waals surface area contributed by atoms with E-state index in [4.69, 9.17) is 0 Å². The molecule has 1 N–H and O–H groups in total. The van der Waals surface area contributed by atoms with Crippen LogP contribution in [-0.4, -0.2) is 34.1 Å². The Labute approximate surface area is 138 Å². The van der Waals surface area contributed by atoms with E-state index in [9.17, 15) is 20.0 Å². The molecule has 24 heavy (non-hydrogen) atoms. The zero-order valence-electron chi connectivity index (χ0n) is 13.0. The molecule has 1 aliphatic carbocycles. The molecular weight excluding hydrogens is 310 g/mol. The molecule has 124 valence electrons. The number of fused-ring (bicyclic) bond motifs is 2. The molecular formula is C17H17N3O4. The van der Waals surface area contributed by atoms with E-state index in [0.29, 0.717) is 36.1 Å². The van der Waals surface area contributed by atoms with Crippen LogP contribution in [0.3, 0.4) is 0 Å². The van der Waals surface area contributed by atoms with E-state index in [1.165, 1.54) is 6.20 Å². The monoisotopic (exact) mass is 327 g/mol. The Balaban J connectivity index is 1.87. The number of nitrogens with zero attached hydrogens (tertiary/aromatic N) is 3. The van der Waals surface area contributed by atoms with Crippen molar-refractivity contribution in [2.24, 2.45) is 11.3 Å². The number of anilines is 1. The molecule has 1 aromatic heterocycles. The van der Waals surface area contributed by atoms with Crippen molar-refractivity contribution in [3.05, 3.63) is 40.6 Å². The normalized spacial score (nSPS) is 25.8. The molecule has 2 aromatic rings. The first kappa shape index (κ1) is 14.9. The maximum absolute atomic E-state index is 11.9. The van der Waals surface area contributed by atoms with Gasteiger partial charge in [-0.15, -0.1) is 0 Å². The Hall–Kier alpha value is -2.70. The second-order valence-corrected chi connectivity index (χ2v) is 6.70. The third-order valence-electron chi connectivity index (χ3n) is 5.54. The van der Waals surface area contributed by atoms with Crippen molar-refractivity contribution in [3.63, 3.8) is 0 Å². The summed E-state index contributed by atoms with van der Waals surface area (Å²) in [7, 11) is 0. The van der Waals surface area contributed by atoms with Crippen molar-refractivity contribution in [2.75, 3.05) is 18.0 Å². The van der Waals surface area contributed by atoms with E-state index < -0.39 is 16.3 Å². The number of aliphatic carboxylic acids is 1. The van der Waals surface area contributed by atoms with Crippen LogP contribution in [0.15, 0.2) is 30.5 Å². The summed E-state index contributed by atoms with van der Waals surface area (Å²) in [6.45, 7) is 0.864. The van der Waals surface area contributed by atoms with Crippen LogP contribution in [0.25, 0.3) is 10.9 Å².